The summed E-state index contributed by atoms with van der Waals surface area (Å²) in [6, 6.07) is 8.06. The molecule has 1 aliphatic rings. The minimum atomic E-state index is -4.49. The molecule has 1 aromatic heterocycles. The van der Waals surface area contributed by atoms with Gasteiger partial charge in [0.25, 0.3) is 0 Å². The highest BCUT2D eigenvalue weighted by Crippen LogP contribution is 2.38. The van der Waals surface area contributed by atoms with Crippen LogP contribution in [-0.2, 0) is 10.9 Å². The average molecular weight is 444 g/mol. The molecule has 2 heterocycles. The molecule has 1 aliphatic heterocycles. The van der Waals surface area contributed by atoms with Crippen LogP contribution in [0.4, 0.5) is 26.7 Å². The van der Waals surface area contributed by atoms with E-state index >= 15 is 0 Å². The van der Waals surface area contributed by atoms with Gasteiger partial charge in [-0.1, -0.05) is 17.9 Å². The molecule has 1 N–H and O–H groups in total. The molecule has 3 aromatic rings. The molecule has 0 bridgehead atoms. The number of carbonyl (C=O) groups excluding carboxylic acids is 1. The lowest BCUT2D eigenvalue weighted by molar-refractivity contribution is -0.137. The maximum atomic E-state index is 14.2. The van der Waals surface area contributed by atoms with Gasteiger partial charge in [-0.2, -0.15) is 13.2 Å². The highest BCUT2D eigenvalue weighted by atomic mass is 19.4. The Morgan fingerprint density at radius 1 is 0.969 bits per heavy atom. The topological polar surface area (TPSA) is 51.2 Å². The van der Waals surface area contributed by atoms with Crippen LogP contribution in [0, 0.1) is 23.5 Å². The normalized spacial score (nSPS) is 17.8. The first-order chi connectivity index (χ1) is 15.2. The van der Waals surface area contributed by atoms with Crippen LogP contribution >= 0.6 is 0 Å². The highest BCUT2D eigenvalue weighted by Gasteiger charge is 2.38. The predicted octanol–water partition coefficient (Wildman–Crippen LogP) is 5.30. The Balaban J connectivity index is 1.64. The number of nitrogens with one attached hydrogen (secondary N) is 1. The van der Waals surface area contributed by atoms with Crippen molar-refractivity contribution in [2.45, 2.75) is 18.3 Å². The molecular weight excluding hydrogens is 431 g/mol. The van der Waals surface area contributed by atoms with Gasteiger partial charge in [0.1, 0.15) is 17.7 Å². The van der Waals surface area contributed by atoms with Crippen molar-refractivity contribution >= 4 is 6.09 Å². The van der Waals surface area contributed by atoms with Crippen molar-refractivity contribution in [3.63, 3.8) is 0 Å². The third-order valence-electron chi connectivity index (χ3n) is 4.73. The van der Waals surface area contributed by atoms with E-state index in [9.17, 15) is 26.7 Å². The summed E-state index contributed by atoms with van der Waals surface area (Å²) in [5.41, 5.74) is -0.0573. The monoisotopic (exact) mass is 444 g/mol. The van der Waals surface area contributed by atoms with Crippen molar-refractivity contribution in [1.29, 1.82) is 0 Å². The molecule has 1 amide bonds. The van der Waals surface area contributed by atoms with Gasteiger partial charge in [-0.05, 0) is 48.0 Å². The fourth-order valence-electron chi connectivity index (χ4n) is 3.27. The van der Waals surface area contributed by atoms with Gasteiger partial charge in [-0.25, -0.2) is 13.6 Å². The number of hydrogen-bond donors (Lipinski definition) is 1. The summed E-state index contributed by atoms with van der Waals surface area (Å²) < 4.78 is 71.6. The minimum absolute atomic E-state index is 0.145. The molecular formula is C23H13F5N2O2. The van der Waals surface area contributed by atoms with Crippen molar-refractivity contribution < 1.29 is 31.5 Å². The summed E-state index contributed by atoms with van der Waals surface area (Å²) in [6.07, 6.45) is -3.66. The molecule has 0 saturated carbocycles. The first-order valence-corrected chi connectivity index (χ1v) is 9.27. The molecule has 9 heteroatoms. The lowest BCUT2D eigenvalue weighted by Gasteiger charge is -2.18. The van der Waals surface area contributed by atoms with E-state index in [0.717, 1.165) is 30.3 Å². The lowest BCUT2D eigenvalue weighted by atomic mass is 9.96. The Kier molecular flexibility index (Phi) is 5.53. The van der Waals surface area contributed by atoms with Crippen LogP contribution in [-0.4, -0.2) is 11.1 Å². The fourth-order valence-corrected chi connectivity index (χ4v) is 3.27. The molecule has 1 saturated heterocycles. The van der Waals surface area contributed by atoms with E-state index in [0.29, 0.717) is 11.1 Å². The SMILES string of the molecule is O=C1N[C@H](c2cncc(C#Cc3cccc(C(F)(F)F)c3)c2)C(c2cc(F)ccc2F)O1. The second kappa shape index (κ2) is 8.30. The number of alkyl halides is 3. The molecule has 0 spiro atoms. The number of amides is 1. The highest BCUT2D eigenvalue weighted by molar-refractivity contribution is 5.71. The van der Waals surface area contributed by atoms with E-state index < -0.39 is 41.6 Å². The number of benzene rings is 2. The van der Waals surface area contributed by atoms with Crippen molar-refractivity contribution in [3.8, 4) is 11.8 Å². The van der Waals surface area contributed by atoms with Gasteiger partial charge in [0.15, 0.2) is 6.10 Å². The Bertz CT molecular complexity index is 1250. The maximum Gasteiger partial charge on any atom is 0.416 e. The number of cyclic esters (lactones) is 1. The average Bonchev–Trinajstić information content (AvgIpc) is 3.15. The van der Waals surface area contributed by atoms with Crippen molar-refractivity contribution in [2.75, 3.05) is 0 Å². The van der Waals surface area contributed by atoms with E-state index in [1.165, 1.54) is 30.6 Å². The number of rotatable bonds is 2. The summed E-state index contributed by atoms with van der Waals surface area (Å²) in [5, 5.41) is 2.53. The number of carbonyl (C=O) groups is 1. The van der Waals surface area contributed by atoms with Crippen molar-refractivity contribution in [1.82, 2.24) is 10.3 Å². The molecule has 32 heavy (non-hydrogen) atoms. The van der Waals surface area contributed by atoms with Crippen LogP contribution in [0.2, 0.25) is 0 Å². The Morgan fingerprint density at radius 2 is 1.75 bits per heavy atom. The third kappa shape index (κ3) is 4.54. The van der Waals surface area contributed by atoms with E-state index in [2.05, 4.69) is 22.1 Å². The van der Waals surface area contributed by atoms with Crippen LogP contribution in [0.3, 0.4) is 0 Å². The summed E-state index contributed by atoms with van der Waals surface area (Å²) in [4.78, 5) is 15.9. The molecule has 4 nitrogen and oxygen atoms in total. The molecule has 4 rings (SSSR count). The molecule has 162 valence electrons. The molecule has 2 aromatic carbocycles. The summed E-state index contributed by atoms with van der Waals surface area (Å²) in [5.74, 6) is 3.93. The molecule has 0 aliphatic carbocycles. The number of hydrogen-bond acceptors (Lipinski definition) is 3. The van der Waals surface area contributed by atoms with Gasteiger partial charge in [0.05, 0.1) is 5.56 Å². The Hall–Kier alpha value is -3.93. The zero-order chi connectivity index (χ0) is 22.9. The number of pyridine rings is 1. The quantitative estimate of drug-likeness (QED) is 0.431. The summed E-state index contributed by atoms with van der Waals surface area (Å²) >= 11 is 0. The summed E-state index contributed by atoms with van der Waals surface area (Å²) in [6.45, 7) is 0. The smallest absolute Gasteiger partial charge is 0.416 e. The number of halogens is 5. The number of aromatic nitrogens is 1. The van der Waals surface area contributed by atoms with Gasteiger partial charge in [-0.3, -0.25) is 4.98 Å². The van der Waals surface area contributed by atoms with E-state index in [1.54, 1.807) is 0 Å². The van der Waals surface area contributed by atoms with Gasteiger partial charge in [0, 0.05) is 29.1 Å². The van der Waals surface area contributed by atoms with Crippen LogP contribution in [0.5, 0.6) is 0 Å². The van der Waals surface area contributed by atoms with Crippen LogP contribution in [0.1, 0.15) is 40.0 Å². The van der Waals surface area contributed by atoms with Gasteiger partial charge in [0.2, 0.25) is 0 Å². The van der Waals surface area contributed by atoms with Gasteiger partial charge < -0.3 is 10.1 Å². The lowest BCUT2D eigenvalue weighted by Crippen LogP contribution is -2.20. The Labute approximate surface area is 179 Å². The first-order valence-electron chi connectivity index (χ1n) is 9.27. The summed E-state index contributed by atoms with van der Waals surface area (Å²) in [7, 11) is 0. The number of nitrogens with zero attached hydrogens (tertiary/aromatic N) is 1. The predicted molar refractivity (Wildman–Crippen MR) is 103 cm³/mol. The van der Waals surface area contributed by atoms with Gasteiger partial charge >= 0.3 is 12.3 Å². The van der Waals surface area contributed by atoms with E-state index in [4.69, 9.17) is 4.74 Å². The van der Waals surface area contributed by atoms with Crippen LogP contribution in [0.15, 0.2) is 60.9 Å². The molecule has 2 atom stereocenters. The number of alkyl carbamates (subject to hydrolysis) is 1. The third-order valence-corrected chi connectivity index (χ3v) is 4.73. The fraction of sp³-hybridized carbons (Fsp3) is 0.130. The second-order valence-electron chi connectivity index (χ2n) is 6.95. The zero-order valence-corrected chi connectivity index (χ0v) is 16.1. The Morgan fingerprint density at radius 3 is 2.53 bits per heavy atom. The van der Waals surface area contributed by atoms with E-state index in [-0.39, 0.29) is 11.1 Å². The number of ether oxygens (including phenoxy) is 1. The van der Waals surface area contributed by atoms with Gasteiger partial charge in [-0.15, -0.1) is 0 Å². The second-order valence-corrected chi connectivity index (χ2v) is 6.95. The van der Waals surface area contributed by atoms with Crippen molar-refractivity contribution in [2.24, 2.45) is 0 Å². The van der Waals surface area contributed by atoms with Crippen LogP contribution < -0.4 is 5.32 Å². The maximum absolute atomic E-state index is 14.2. The standard InChI is InChI=1S/C23H13F5N2O2/c24-17-6-7-19(25)18(10-17)21-20(30-22(31)32-21)15-8-14(11-29-12-15)5-4-13-2-1-3-16(9-13)23(26,27)28/h1-3,6-12,20-21H,(H,30,31)/t20-,21?/m1/s1. The molecule has 1 unspecified atom stereocenters. The van der Waals surface area contributed by atoms with Crippen LogP contribution in [0.25, 0.3) is 0 Å². The molecule has 1 fully saturated rings. The van der Waals surface area contributed by atoms with Crippen molar-refractivity contribution in [3.05, 3.63) is 100 Å². The molecule has 0 radical (unpaired) electrons. The largest absolute Gasteiger partial charge is 0.439 e. The minimum Gasteiger partial charge on any atom is -0.439 e. The van der Waals surface area contributed by atoms with E-state index in [1.807, 2.05) is 0 Å². The first kappa shape index (κ1) is 21.3. The zero-order valence-electron chi connectivity index (χ0n) is 16.1.